The van der Waals surface area contributed by atoms with E-state index in [9.17, 15) is 9.59 Å². The molecule has 0 saturated carbocycles. The number of rotatable bonds is 5. The lowest BCUT2D eigenvalue weighted by molar-refractivity contribution is -0.118. The van der Waals surface area contributed by atoms with Gasteiger partial charge in [0.1, 0.15) is 0 Å². The molecule has 0 spiro atoms. The Kier molecular flexibility index (Phi) is 4.51. The van der Waals surface area contributed by atoms with Gasteiger partial charge < -0.3 is 16.8 Å². The Morgan fingerprint density at radius 3 is 2.59 bits per heavy atom. The number of benzene rings is 1. The summed E-state index contributed by atoms with van der Waals surface area (Å²) >= 11 is 0. The molecule has 0 aliphatic rings. The highest BCUT2D eigenvalue weighted by atomic mass is 16.2. The van der Waals surface area contributed by atoms with E-state index in [-0.39, 0.29) is 18.2 Å². The minimum absolute atomic E-state index is 0.190. The first-order valence-electron chi connectivity index (χ1n) is 5.42. The van der Waals surface area contributed by atoms with Crippen LogP contribution in [0, 0.1) is 6.92 Å². The molecule has 0 unspecified atom stereocenters. The van der Waals surface area contributed by atoms with Crippen molar-refractivity contribution in [1.29, 1.82) is 0 Å². The third-order valence-corrected chi connectivity index (χ3v) is 2.25. The molecule has 0 atom stereocenters. The Morgan fingerprint density at radius 1 is 1.29 bits per heavy atom. The van der Waals surface area contributed by atoms with Crippen molar-refractivity contribution in [2.75, 3.05) is 12.3 Å². The molecule has 1 rings (SSSR count). The quantitative estimate of drug-likeness (QED) is 0.514. The van der Waals surface area contributed by atoms with Crippen LogP contribution in [0.3, 0.4) is 0 Å². The molecule has 0 aliphatic carbocycles. The number of hydrogen-bond donors (Lipinski definition) is 3. The minimum atomic E-state index is -0.362. The summed E-state index contributed by atoms with van der Waals surface area (Å²) in [7, 11) is 0. The van der Waals surface area contributed by atoms with E-state index in [1.165, 1.54) is 0 Å². The van der Waals surface area contributed by atoms with Crippen molar-refractivity contribution in [1.82, 2.24) is 5.32 Å². The molecule has 5 heteroatoms. The Labute approximate surface area is 100 Å². The van der Waals surface area contributed by atoms with Gasteiger partial charge in [-0.15, -0.1) is 0 Å². The number of amides is 2. The first-order chi connectivity index (χ1) is 7.99. The lowest BCUT2D eigenvalue weighted by Gasteiger charge is -2.06. The molecule has 0 saturated heterocycles. The van der Waals surface area contributed by atoms with Crippen molar-refractivity contribution < 1.29 is 9.59 Å². The zero-order valence-electron chi connectivity index (χ0n) is 9.82. The van der Waals surface area contributed by atoms with Gasteiger partial charge in [-0.05, 0) is 37.1 Å². The Hall–Kier alpha value is -2.04. The average molecular weight is 235 g/mol. The van der Waals surface area contributed by atoms with E-state index >= 15 is 0 Å². The van der Waals surface area contributed by atoms with E-state index in [2.05, 4.69) is 5.32 Å². The summed E-state index contributed by atoms with van der Waals surface area (Å²) in [4.78, 5) is 22.2. The number of nitrogens with one attached hydrogen (secondary N) is 1. The Bertz CT molecular complexity index is 410. The van der Waals surface area contributed by atoms with E-state index < -0.39 is 0 Å². The Balaban J connectivity index is 2.49. The van der Waals surface area contributed by atoms with E-state index in [1.807, 2.05) is 6.92 Å². The molecule has 0 aromatic heterocycles. The van der Waals surface area contributed by atoms with Gasteiger partial charge in [0.15, 0.2) is 0 Å². The number of carbonyl (C=O) groups is 2. The van der Waals surface area contributed by atoms with Crippen molar-refractivity contribution in [2.24, 2.45) is 5.73 Å². The van der Waals surface area contributed by atoms with Gasteiger partial charge in [0.2, 0.25) is 5.91 Å². The highest BCUT2D eigenvalue weighted by Crippen LogP contribution is 2.10. The molecule has 1 aromatic rings. The van der Waals surface area contributed by atoms with Gasteiger partial charge in [-0.3, -0.25) is 9.59 Å². The summed E-state index contributed by atoms with van der Waals surface area (Å²) in [6.07, 6.45) is 0.818. The lowest BCUT2D eigenvalue weighted by atomic mass is 10.1. The summed E-state index contributed by atoms with van der Waals surface area (Å²) in [6.45, 7) is 2.30. The fourth-order valence-electron chi connectivity index (χ4n) is 1.51. The lowest BCUT2D eigenvalue weighted by Crippen LogP contribution is -2.25. The summed E-state index contributed by atoms with van der Waals surface area (Å²) in [6, 6.07) is 5.18. The minimum Gasteiger partial charge on any atom is -0.399 e. The third kappa shape index (κ3) is 4.55. The molecule has 92 valence electrons. The number of hydrogen-bond acceptors (Lipinski definition) is 3. The number of aryl methyl sites for hydroxylation is 1. The smallest absolute Gasteiger partial charge is 0.251 e. The monoisotopic (exact) mass is 235 g/mol. The first-order valence-corrected chi connectivity index (χ1v) is 5.42. The standard InChI is InChI=1S/C12H17N3O2/c1-8-5-9(7-10(13)6-8)12(17)15-4-2-3-11(14)16/h5-7H,2-4,13H2,1H3,(H2,14,16)(H,15,17). The van der Waals surface area contributed by atoms with Gasteiger partial charge in [-0.2, -0.15) is 0 Å². The van der Waals surface area contributed by atoms with Crippen LogP contribution in [-0.2, 0) is 4.79 Å². The summed E-state index contributed by atoms with van der Waals surface area (Å²) in [5.41, 5.74) is 12.7. The predicted octanol–water partition coefficient (Wildman–Crippen LogP) is 0.573. The van der Waals surface area contributed by atoms with Crippen molar-refractivity contribution in [3.63, 3.8) is 0 Å². The highest BCUT2D eigenvalue weighted by molar-refractivity contribution is 5.95. The molecular formula is C12H17N3O2. The third-order valence-electron chi connectivity index (χ3n) is 2.25. The van der Waals surface area contributed by atoms with Crippen LogP contribution in [0.2, 0.25) is 0 Å². The topological polar surface area (TPSA) is 98.2 Å². The maximum Gasteiger partial charge on any atom is 0.251 e. The summed E-state index contributed by atoms with van der Waals surface area (Å²) in [5.74, 6) is -0.552. The fraction of sp³-hybridized carbons (Fsp3) is 0.333. The van der Waals surface area contributed by atoms with E-state index in [0.29, 0.717) is 24.2 Å². The molecule has 5 N–H and O–H groups in total. The SMILES string of the molecule is Cc1cc(N)cc(C(=O)NCCCC(N)=O)c1. The highest BCUT2D eigenvalue weighted by Gasteiger charge is 2.06. The van der Waals surface area contributed by atoms with E-state index in [0.717, 1.165) is 5.56 Å². The number of carbonyl (C=O) groups excluding carboxylic acids is 2. The van der Waals surface area contributed by atoms with Crippen LogP contribution >= 0.6 is 0 Å². The van der Waals surface area contributed by atoms with Gasteiger partial charge in [0.05, 0.1) is 0 Å². The molecule has 0 fully saturated rings. The zero-order valence-corrected chi connectivity index (χ0v) is 9.82. The predicted molar refractivity (Wildman–Crippen MR) is 66.4 cm³/mol. The number of nitrogen functional groups attached to an aromatic ring is 1. The van der Waals surface area contributed by atoms with Crippen LogP contribution in [0.25, 0.3) is 0 Å². The van der Waals surface area contributed by atoms with Crippen LogP contribution in [0.15, 0.2) is 18.2 Å². The molecular weight excluding hydrogens is 218 g/mol. The normalized spacial score (nSPS) is 9.94. The van der Waals surface area contributed by atoms with Gasteiger partial charge in [-0.1, -0.05) is 0 Å². The summed E-state index contributed by atoms with van der Waals surface area (Å²) < 4.78 is 0. The second-order valence-electron chi connectivity index (χ2n) is 3.96. The molecule has 17 heavy (non-hydrogen) atoms. The van der Waals surface area contributed by atoms with Crippen molar-refractivity contribution in [2.45, 2.75) is 19.8 Å². The van der Waals surface area contributed by atoms with Gasteiger partial charge >= 0.3 is 0 Å². The van der Waals surface area contributed by atoms with Crippen molar-refractivity contribution in [3.05, 3.63) is 29.3 Å². The second kappa shape index (κ2) is 5.89. The van der Waals surface area contributed by atoms with E-state index in [4.69, 9.17) is 11.5 Å². The van der Waals surface area contributed by atoms with Crippen molar-refractivity contribution in [3.8, 4) is 0 Å². The molecule has 0 aliphatic heterocycles. The second-order valence-corrected chi connectivity index (χ2v) is 3.96. The van der Waals surface area contributed by atoms with Crippen LogP contribution in [0.4, 0.5) is 5.69 Å². The van der Waals surface area contributed by atoms with E-state index in [1.54, 1.807) is 18.2 Å². The molecule has 0 heterocycles. The van der Waals surface area contributed by atoms with Crippen LogP contribution in [0.1, 0.15) is 28.8 Å². The van der Waals surface area contributed by atoms with Crippen LogP contribution < -0.4 is 16.8 Å². The maximum atomic E-state index is 11.7. The fourth-order valence-corrected chi connectivity index (χ4v) is 1.51. The summed E-state index contributed by atoms with van der Waals surface area (Å²) in [5, 5.41) is 2.71. The molecule has 1 aromatic carbocycles. The number of anilines is 1. The first kappa shape index (κ1) is 13.0. The molecule has 2 amide bonds. The van der Waals surface area contributed by atoms with Crippen LogP contribution in [0.5, 0.6) is 0 Å². The van der Waals surface area contributed by atoms with Crippen molar-refractivity contribution >= 4 is 17.5 Å². The molecule has 5 nitrogen and oxygen atoms in total. The number of primary amides is 1. The molecule has 0 radical (unpaired) electrons. The number of nitrogens with two attached hydrogens (primary N) is 2. The Morgan fingerprint density at radius 2 is 2.00 bits per heavy atom. The van der Waals surface area contributed by atoms with Crippen LogP contribution in [-0.4, -0.2) is 18.4 Å². The average Bonchev–Trinajstić information content (AvgIpc) is 2.22. The zero-order chi connectivity index (χ0) is 12.8. The molecule has 0 bridgehead atoms. The van der Waals surface area contributed by atoms with Gasteiger partial charge in [0, 0.05) is 24.2 Å². The van der Waals surface area contributed by atoms with Gasteiger partial charge in [-0.25, -0.2) is 0 Å². The maximum absolute atomic E-state index is 11.7. The largest absolute Gasteiger partial charge is 0.399 e. The van der Waals surface area contributed by atoms with Gasteiger partial charge in [0.25, 0.3) is 5.91 Å².